The molecular formula is C34H40FN5O4S2. The summed E-state index contributed by atoms with van der Waals surface area (Å²) in [5.74, 6) is -0.645. The Morgan fingerprint density at radius 1 is 0.957 bits per heavy atom. The van der Waals surface area contributed by atoms with Gasteiger partial charge in [0.05, 0.1) is 10.5 Å². The number of piperazine rings is 1. The van der Waals surface area contributed by atoms with Crippen LogP contribution in [0.2, 0.25) is 0 Å². The first-order chi connectivity index (χ1) is 22.2. The number of anilines is 2. The normalized spacial score (nSPS) is 16.3. The van der Waals surface area contributed by atoms with Crippen LogP contribution in [0.1, 0.15) is 68.9 Å². The van der Waals surface area contributed by atoms with Crippen LogP contribution in [0.15, 0.2) is 52.3 Å². The lowest BCUT2D eigenvalue weighted by Gasteiger charge is -2.37. The van der Waals surface area contributed by atoms with Crippen LogP contribution in [0, 0.1) is 12.7 Å². The summed E-state index contributed by atoms with van der Waals surface area (Å²) in [6.45, 7) is 5.02. The van der Waals surface area contributed by atoms with E-state index in [1.54, 1.807) is 29.3 Å². The molecule has 0 saturated carbocycles. The number of carbonyl (C=O) groups excluding carboxylic acids is 1. The lowest BCUT2D eigenvalue weighted by molar-refractivity contribution is -0.137. The van der Waals surface area contributed by atoms with Crippen LogP contribution in [-0.4, -0.2) is 68.3 Å². The summed E-state index contributed by atoms with van der Waals surface area (Å²) in [5, 5.41) is 8.73. The van der Waals surface area contributed by atoms with Crippen LogP contribution >= 0.6 is 24.0 Å². The van der Waals surface area contributed by atoms with E-state index < -0.39 is 5.97 Å². The zero-order chi connectivity index (χ0) is 32.6. The topological polar surface area (TPSA) is 98.5 Å². The number of carboxylic acid groups (broad SMARTS) is 1. The highest BCUT2D eigenvalue weighted by molar-refractivity contribution is 8.26. The van der Waals surface area contributed by atoms with Crippen LogP contribution in [-0.2, 0) is 9.59 Å². The summed E-state index contributed by atoms with van der Waals surface area (Å²) in [6, 6.07) is 10.2. The molecule has 1 amide bonds. The standard InChI is InChI=1S/C34H40FN5O4S2/c1-24-11-10-18-39-30(24)36-31(38-21-19-37(20-22-38)26-15-13-25(35)14-16-26)27(32(39)43)23-28-33(44)40(34(45)46-28)17-9-7-5-3-2-4-6-8-12-29(41)42/h10-11,13-16,18,23H,2-9,12,17,19-22H2,1H3,(H,41,42)/b28-23+. The van der Waals surface area contributed by atoms with Crippen molar-refractivity contribution in [2.45, 2.75) is 64.7 Å². The van der Waals surface area contributed by atoms with Gasteiger partial charge in [-0.1, -0.05) is 68.6 Å². The molecule has 1 aromatic carbocycles. The molecule has 2 fully saturated rings. The summed E-state index contributed by atoms with van der Waals surface area (Å²) in [7, 11) is 0. The second-order valence-corrected chi connectivity index (χ2v) is 13.5. The Labute approximate surface area is 278 Å². The predicted octanol–water partition coefficient (Wildman–Crippen LogP) is 6.27. The number of halogens is 1. The van der Waals surface area contributed by atoms with Gasteiger partial charge in [-0.25, -0.2) is 9.37 Å². The molecule has 2 aliphatic heterocycles. The minimum Gasteiger partial charge on any atom is -0.481 e. The van der Waals surface area contributed by atoms with Crippen LogP contribution in [0.4, 0.5) is 15.9 Å². The van der Waals surface area contributed by atoms with E-state index in [-0.39, 0.29) is 23.7 Å². The number of hydrogen-bond acceptors (Lipinski definition) is 8. The molecule has 0 atom stereocenters. The van der Waals surface area contributed by atoms with Crippen molar-refractivity contribution in [1.29, 1.82) is 0 Å². The quantitative estimate of drug-likeness (QED) is 0.122. The molecule has 0 radical (unpaired) electrons. The van der Waals surface area contributed by atoms with Crippen molar-refractivity contribution >= 4 is 63.4 Å². The highest BCUT2D eigenvalue weighted by Crippen LogP contribution is 2.34. The lowest BCUT2D eigenvalue weighted by Crippen LogP contribution is -2.47. The molecule has 0 unspecified atom stereocenters. The van der Waals surface area contributed by atoms with Crippen molar-refractivity contribution in [3.8, 4) is 0 Å². The zero-order valence-corrected chi connectivity index (χ0v) is 27.8. The largest absolute Gasteiger partial charge is 0.481 e. The third-order valence-corrected chi connectivity index (χ3v) is 9.88. The molecule has 0 aliphatic carbocycles. The fourth-order valence-corrected chi connectivity index (χ4v) is 7.22. The fourth-order valence-electron chi connectivity index (χ4n) is 5.93. The monoisotopic (exact) mass is 665 g/mol. The second kappa shape index (κ2) is 15.7. The van der Waals surface area contributed by atoms with Gasteiger partial charge in [-0.15, -0.1) is 0 Å². The number of nitrogens with zero attached hydrogens (tertiary/aromatic N) is 5. The number of aryl methyl sites for hydroxylation is 1. The van der Waals surface area contributed by atoms with Gasteiger partial charge >= 0.3 is 5.97 Å². The van der Waals surface area contributed by atoms with Crippen molar-refractivity contribution in [3.63, 3.8) is 0 Å². The number of unbranched alkanes of at least 4 members (excludes halogenated alkanes) is 7. The van der Waals surface area contributed by atoms with E-state index in [9.17, 15) is 18.8 Å². The minimum absolute atomic E-state index is 0.186. The van der Waals surface area contributed by atoms with E-state index in [0.29, 0.717) is 59.0 Å². The Hall–Kier alpha value is -3.77. The molecule has 0 bridgehead atoms. The lowest BCUT2D eigenvalue weighted by atomic mass is 10.1. The number of hydrogen-bond donors (Lipinski definition) is 1. The third kappa shape index (κ3) is 8.14. The van der Waals surface area contributed by atoms with Gasteiger partial charge in [0.1, 0.15) is 21.6 Å². The SMILES string of the molecule is Cc1cccn2c(=O)c(/C=C3/SC(=S)N(CCCCCCCCCCC(=O)O)C3=O)c(N3CCN(c4ccc(F)cc4)CC3)nc12. The minimum atomic E-state index is -0.736. The molecule has 9 nitrogen and oxygen atoms in total. The van der Waals surface area contributed by atoms with E-state index in [2.05, 4.69) is 9.80 Å². The highest BCUT2D eigenvalue weighted by Gasteiger charge is 2.33. The Balaban J connectivity index is 1.26. The van der Waals surface area contributed by atoms with Crippen molar-refractivity contribution in [2.75, 3.05) is 42.5 Å². The number of aromatic nitrogens is 2. The number of benzene rings is 1. The maximum atomic E-state index is 13.9. The molecule has 244 valence electrons. The fraction of sp³-hybridized carbons (Fsp3) is 0.441. The van der Waals surface area contributed by atoms with Gasteiger partial charge in [-0.3, -0.25) is 23.7 Å². The van der Waals surface area contributed by atoms with Crippen LogP contribution in [0.5, 0.6) is 0 Å². The number of thiocarbonyl (C=S) groups is 1. The van der Waals surface area contributed by atoms with Gasteiger partial charge in [-0.2, -0.15) is 0 Å². The van der Waals surface area contributed by atoms with Crippen molar-refractivity contribution in [1.82, 2.24) is 14.3 Å². The number of aliphatic carboxylic acids is 1. The average Bonchev–Trinajstić information content (AvgIpc) is 3.31. The van der Waals surface area contributed by atoms with E-state index in [0.717, 1.165) is 62.6 Å². The number of amides is 1. The Kier molecular flexibility index (Phi) is 11.5. The summed E-state index contributed by atoms with van der Waals surface area (Å²) in [5.41, 5.74) is 2.52. The molecule has 2 saturated heterocycles. The Morgan fingerprint density at radius 3 is 2.26 bits per heavy atom. The maximum absolute atomic E-state index is 13.9. The van der Waals surface area contributed by atoms with Gasteiger partial charge in [-0.05, 0) is 61.7 Å². The van der Waals surface area contributed by atoms with Gasteiger partial charge in [0.25, 0.3) is 11.5 Å². The molecule has 12 heteroatoms. The van der Waals surface area contributed by atoms with Crippen LogP contribution in [0.3, 0.4) is 0 Å². The number of fused-ring (bicyclic) bond motifs is 1. The number of carbonyl (C=O) groups is 2. The van der Waals surface area contributed by atoms with Gasteiger partial charge in [0.15, 0.2) is 0 Å². The van der Waals surface area contributed by atoms with E-state index >= 15 is 0 Å². The summed E-state index contributed by atoms with van der Waals surface area (Å²) in [4.78, 5) is 49.3. The Bertz CT molecular complexity index is 1670. The first-order valence-electron chi connectivity index (χ1n) is 16.0. The second-order valence-electron chi connectivity index (χ2n) is 11.8. The Morgan fingerprint density at radius 2 is 1.59 bits per heavy atom. The van der Waals surface area contributed by atoms with E-state index in [1.807, 2.05) is 19.1 Å². The molecule has 0 spiro atoms. The number of carboxylic acids is 1. The van der Waals surface area contributed by atoms with Crippen LogP contribution < -0.4 is 15.4 Å². The van der Waals surface area contributed by atoms with E-state index in [1.165, 1.54) is 28.3 Å². The first kappa shape index (κ1) is 33.6. The first-order valence-corrected chi connectivity index (χ1v) is 17.2. The third-order valence-electron chi connectivity index (χ3n) is 8.51. The summed E-state index contributed by atoms with van der Waals surface area (Å²) >= 11 is 6.81. The van der Waals surface area contributed by atoms with Crippen molar-refractivity contribution in [2.24, 2.45) is 0 Å². The number of thioether (sulfide) groups is 1. The molecule has 5 rings (SSSR count). The predicted molar refractivity (Wildman–Crippen MR) is 186 cm³/mol. The van der Waals surface area contributed by atoms with Gasteiger partial charge in [0, 0.05) is 51.0 Å². The molecule has 2 aromatic heterocycles. The van der Waals surface area contributed by atoms with Gasteiger partial charge in [0.2, 0.25) is 0 Å². The van der Waals surface area contributed by atoms with E-state index in [4.69, 9.17) is 22.3 Å². The maximum Gasteiger partial charge on any atom is 0.303 e. The molecule has 4 heterocycles. The molecule has 46 heavy (non-hydrogen) atoms. The summed E-state index contributed by atoms with van der Waals surface area (Å²) in [6.07, 6.45) is 11.4. The van der Waals surface area contributed by atoms with Crippen molar-refractivity contribution in [3.05, 3.63) is 74.8 Å². The molecule has 3 aromatic rings. The number of rotatable bonds is 14. The van der Waals surface area contributed by atoms with Crippen LogP contribution in [0.25, 0.3) is 11.7 Å². The smallest absolute Gasteiger partial charge is 0.303 e. The number of pyridine rings is 1. The molecule has 2 aliphatic rings. The van der Waals surface area contributed by atoms with Crippen molar-refractivity contribution < 1.29 is 19.1 Å². The summed E-state index contributed by atoms with van der Waals surface area (Å²) < 4.78 is 15.5. The zero-order valence-electron chi connectivity index (χ0n) is 26.1. The molecular weight excluding hydrogens is 626 g/mol. The highest BCUT2D eigenvalue weighted by atomic mass is 32.2. The average molecular weight is 666 g/mol. The molecule has 1 N–H and O–H groups in total. The van der Waals surface area contributed by atoms with Gasteiger partial charge < -0.3 is 14.9 Å².